The average molecular weight is 1010 g/mol. The Kier molecular flexibility index (Phi) is 18.4. The Bertz CT molecular complexity index is 2870. The van der Waals surface area contributed by atoms with E-state index in [2.05, 4.69) is 161 Å². The van der Waals surface area contributed by atoms with Gasteiger partial charge in [-0.3, -0.25) is 0 Å². The van der Waals surface area contributed by atoms with Crippen LogP contribution in [0.4, 0.5) is 0 Å². The quantitative estimate of drug-likeness (QED) is 0.0444. The zero-order chi connectivity index (χ0) is 48.8. The van der Waals surface area contributed by atoms with Crippen LogP contribution in [0.3, 0.4) is 0 Å². The Hall–Kier alpha value is -4.52. The third-order valence-corrected chi connectivity index (χ3v) is 19.9. The molecule has 0 saturated heterocycles. The topological polar surface area (TPSA) is 9.23 Å². The highest BCUT2D eigenvalue weighted by Crippen LogP contribution is 2.56. The minimum atomic E-state index is 0.000553. The number of aryl methyl sites for hydroxylation is 1. The van der Waals surface area contributed by atoms with Crippen LogP contribution in [0, 0.1) is 6.92 Å². The first-order chi connectivity index (χ1) is 35.0. The van der Waals surface area contributed by atoms with Crippen molar-refractivity contribution in [1.82, 2.24) is 0 Å². The van der Waals surface area contributed by atoms with Crippen LogP contribution < -0.4 is 4.74 Å². The molecule has 0 atom stereocenters. The monoisotopic (exact) mass is 1010 g/mol. The van der Waals surface area contributed by atoms with Gasteiger partial charge in [0.2, 0.25) is 0 Å². The number of ether oxygens (including phenoxy) is 1. The molecular weight excluding hydrogens is 937 g/mol. The highest BCUT2D eigenvalue weighted by Gasteiger charge is 2.43. The number of hydrogen-bond acceptors (Lipinski definition) is 5. The second-order valence-corrected chi connectivity index (χ2v) is 24.6. The molecule has 5 heteroatoms. The van der Waals surface area contributed by atoms with Gasteiger partial charge in [-0.15, -0.1) is 45.3 Å². The molecule has 370 valence electrons. The fourth-order valence-corrected chi connectivity index (χ4v) is 15.1. The molecule has 0 saturated carbocycles. The summed E-state index contributed by atoms with van der Waals surface area (Å²) >= 11 is 7.71. The second-order valence-electron chi connectivity index (χ2n) is 20.3. The molecule has 0 aliphatic heterocycles. The maximum Gasteiger partial charge on any atom is 0.119 e. The minimum Gasteiger partial charge on any atom is -0.494 e. The highest BCUT2D eigenvalue weighted by molar-refractivity contribution is 7.25. The molecule has 1 aliphatic carbocycles. The van der Waals surface area contributed by atoms with Gasteiger partial charge in [-0.1, -0.05) is 184 Å². The van der Waals surface area contributed by atoms with Gasteiger partial charge in [0.15, 0.2) is 0 Å². The van der Waals surface area contributed by atoms with Gasteiger partial charge in [0.05, 0.1) is 6.61 Å². The molecular formula is C66H76OS4. The van der Waals surface area contributed by atoms with Crippen LogP contribution in [0.5, 0.6) is 5.75 Å². The lowest BCUT2D eigenvalue weighted by Crippen LogP contribution is -2.25. The molecule has 71 heavy (non-hydrogen) atoms. The van der Waals surface area contributed by atoms with Gasteiger partial charge in [-0.05, 0) is 156 Å². The van der Waals surface area contributed by atoms with Crippen LogP contribution >= 0.6 is 45.3 Å². The SMILES string of the molecule is CCCCCCCCOc1ccc(-c2ccc(-c3ccc(-c4ccc5c(c4)C(CCCCCCCC)(CCCCCCCC)c4cc(-c6ccc(-c7ccc(-c8ccc(C)cc8)s7)s6)ccc4-5)s3)s2)cc1. The first-order valence-electron chi connectivity index (χ1n) is 27.5. The van der Waals surface area contributed by atoms with Gasteiger partial charge in [-0.2, -0.15) is 0 Å². The summed E-state index contributed by atoms with van der Waals surface area (Å²) in [4.78, 5) is 10.8. The van der Waals surface area contributed by atoms with Crippen molar-refractivity contribution in [1.29, 1.82) is 0 Å². The molecule has 0 bridgehead atoms. The highest BCUT2D eigenvalue weighted by atomic mass is 32.1. The van der Waals surface area contributed by atoms with E-state index in [1.165, 1.54) is 200 Å². The first-order valence-corrected chi connectivity index (χ1v) is 30.7. The molecule has 8 aromatic rings. The van der Waals surface area contributed by atoms with E-state index in [-0.39, 0.29) is 5.41 Å². The number of hydrogen-bond donors (Lipinski definition) is 0. The molecule has 4 heterocycles. The van der Waals surface area contributed by atoms with Crippen LogP contribution in [0.2, 0.25) is 0 Å². The number of thiophene rings is 4. The second kappa shape index (κ2) is 25.4. The van der Waals surface area contributed by atoms with E-state index < -0.39 is 0 Å². The fraction of sp³-hybridized carbons (Fsp3) is 0.394. The summed E-state index contributed by atoms with van der Waals surface area (Å²) in [7, 11) is 0. The summed E-state index contributed by atoms with van der Waals surface area (Å²) in [6.07, 6.45) is 26.0. The molecule has 0 radical (unpaired) electrons. The van der Waals surface area contributed by atoms with Crippen LogP contribution in [0.1, 0.15) is 166 Å². The summed E-state index contributed by atoms with van der Waals surface area (Å²) in [6, 6.07) is 51.5. The summed E-state index contributed by atoms with van der Waals surface area (Å²) < 4.78 is 6.11. The van der Waals surface area contributed by atoms with E-state index in [0.29, 0.717) is 0 Å². The zero-order valence-corrected chi connectivity index (χ0v) is 46.4. The molecule has 0 amide bonds. The summed E-state index contributed by atoms with van der Waals surface area (Å²) in [5.74, 6) is 0.974. The lowest BCUT2D eigenvalue weighted by Gasteiger charge is -2.33. The molecule has 9 rings (SSSR count). The smallest absolute Gasteiger partial charge is 0.119 e. The molecule has 0 fully saturated rings. The van der Waals surface area contributed by atoms with Crippen molar-refractivity contribution in [2.24, 2.45) is 0 Å². The third kappa shape index (κ3) is 12.6. The van der Waals surface area contributed by atoms with Gasteiger partial charge >= 0.3 is 0 Å². The van der Waals surface area contributed by atoms with Gasteiger partial charge in [0.25, 0.3) is 0 Å². The van der Waals surface area contributed by atoms with Gasteiger partial charge in [0, 0.05) is 44.4 Å². The van der Waals surface area contributed by atoms with Crippen LogP contribution in [-0.2, 0) is 5.41 Å². The van der Waals surface area contributed by atoms with Crippen molar-refractivity contribution in [2.75, 3.05) is 6.61 Å². The average Bonchev–Trinajstić information content (AvgIpc) is 4.27. The standard InChI is InChI=1S/C66H76OS4/c1-5-8-11-14-17-20-43-66(44-21-18-15-12-9-6-2)56-46-51(60-37-41-64(70-60)62-39-35-58(68-62)49-25-23-48(4)24-26-49)29-33-54(56)55-34-30-52(47-57(55)66)61-38-42-65(71-61)63-40-36-59(69-63)50-27-31-53(32-28-50)67-45-22-19-16-13-10-7-3/h23-42,46-47H,5-22,43-45H2,1-4H3. The maximum absolute atomic E-state index is 6.11. The third-order valence-electron chi connectivity index (χ3n) is 15.0. The Balaban J connectivity index is 0.981. The summed E-state index contributed by atoms with van der Waals surface area (Å²) in [5.41, 5.74) is 12.7. The number of unbranched alkanes of at least 4 members (excludes halogenated alkanes) is 15. The number of rotatable bonds is 28. The Morgan fingerprint density at radius 1 is 0.338 bits per heavy atom. The summed E-state index contributed by atoms with van der Waals surface area (Å²) in [5, 5.41) is 0. The van der Waals surface area contributed by atoms with Crippen LogP contribution in [0.15, 0.2) is 133 Å². The van der Waals surface area contributed by atoms with Crippen molar-refractivity contribution < 1.29 is 4.74 Å². The predicted octanol–water partition coefficient (Wildman–Crippen LogP) is 22.8. The lowest BCUT2D eigenvalue weighted by molar-refractivity contribution is 0.304. The first kappa shape index (κ1) is 51.4. The molecule has 4 aromatic heterocycles. The molecule has 0 spiro atoms. The van der Waals surface area contributed by atoms with E-state index in [0.717, 1.165) is 18.8 Å². The zero-order valence-electron chi connectivity index (χ0n) is 43.1. The van der Waals surface area contributed by atoms with Crippen LogP contribution in [-0.4, -0.2) is 6.61 Å². The Morgan fingerprint density at radius 2 is 0.676 bits per heavy atom. The van der Waals surface area contributed by atoms with Crippen molar-refractivity contribution in [3.8, 4) is 78.1 Å². The van der Waals surface area contributed by atoms with E-state index in [1.807, 2.05) is 45.3 Å². The Morgan fingerprint density at radius 3 is 1.10 bits per heavy atom. The molecule has 1 aliphatic rings. The number of fused-ring (bicyclic) bond motifs is 3. The normalized spacial score (nSPS) is 12.7. The summed E-state index contributed by atoms with van der Waals surface area (Å²) in [6.45, 7) is 9.90. The van der Waals surface area contributed by atoms with Crippen molar-refractivity contribution >= 4 is 45.3 Å². The van der Waals surface area contributed by atoms with Gasteiger partial charge in [-0.25, -0.2) is 0 Å². The largest absolute Gasteiger partial charge is 0.494 e. The van der Waals surface area contributed by atoms with E-state index in [4.69, 9.17) is 4.74 Å². The van der Waals surface area contributed by atoms with Crippen molar-refractivity contribution in [3.63, 3.8) is 0 Å². The molecule has 0 N–H and O–H groups in total. The molecule has 0 unspecified atom stereocenters. The van der Waals surface area contributed by atoms with E-state index in [1.54, 1.807) is 11.1 Å². The molecule has 1 nitrogen and oxygen atoms in total. The van der Waals surface area contributed by atoms with E-state index in [9.17, 15) is 0 Å². The lowest BCUT2D eigenvalue weighted by atomic mass is 9.70. The predicted molar refractivity (Wildman–Crippen MR) is 316 cm³/mol. The van der Waals surface area contributed by atoms with Crippen molar-refractivity contribution in [3.05, 3.63) is 150 Å². The number of benzene rings is 4. The minimum absolute atomic E-state index is 0.000553. The van der Waals surface area contributed by atoms with Crippen LogP contribution in [0.25, 0.3) is 72.4 Å². The maximum atomic E-state index is 6.11. The van der Waals surface area contributed by atoms with Gasteiger partial charge < -0.3 is 4.74 Å². The fourth-order valence-electron chi connectivity index (χ4n) is 10.9. The van der Waals surface area contributed by atoms with Gasteiger partial charge in [0.1, 0.15) is 5.75 Å². The van der Waals surface area contributed by atoms with Crippen molar-refractivity contribution in [2.45, 2.75) is 162 Å². The Labute approximate surface area is 443 Å². The van der Waals surface area contributed by atoms with E-state index >= 15 is 0 Å². The molecule has 4 aromatic carbocycles.